The van der Waals surface area contributed by atoms with E-state index in [2.05, 4.69) is 64.0 Å². The van der Waals surface area contributed by atoms with Gasteiger partial charge in [-0.15, -0.1) is 0 Å². The molecule has 0 spiro atoms. The third-order valence-corrected chi connectivity index (χ3v) is 5.08. The third-order valence-electron chi connectivity index (χ3n) is 5.08. The summed E-state index contributed by atoms with van der Waals surface area (Å²) in [6, 6.07) is 10.2. The van der Waals surface area contributed by atoms with Crippen LogP contribution in [0.15, 0.2) is 53.6 Å². The lowest BCUT2D eigenvalue weighted by Gasteiger charge is -2.35. The van der Waals surface area contributed by atoms with Gasteiger partial charge in [-0.3, -0.25) is 4.79 Å². The largest absolute Gasteiger partial charge is 0.359 e. The molecule has 1 saturated heterocycles. The van der Waals surface area contributed by atoms with Crippen molar-refractivity contribution >= 4 is 11.5 Å². The molecule has 1 fully saturated rings. The lowest BCUT2D eigenvalue weighted by Crippen LogP contribution is -2.39. The van der Waals surface area contributed by atoms with E-state index in [-0.39, 0.29) is 11.6 Å². The van der Waals surface area contributed by atoms with E-state index in [9.17, 15) is 4.79 Å². The van der Waals surface area contributed by atoms with Gasteiger partial charge in [-0.2, -0.15) is 5.26 Å². The molecule has 3 rings (SSSR count). The van der Waals surface area contributed by atoms with Crippen molar-refractivity contribution in [2.75, 3.05) is 18.0 Å². The Morgan fingerprint density at radius 1 is 1.43 bits per heavy atom. The predicted octanol–water partition coefficient (Wildman–Crippen LogP) is 3.33. The average molecular weight is 375 g/mol. The molecular weight excluding hydrogens is 350 g/mol. The third kappa shape index (κ3) is 4.32. The van der Waals surface area contributed by atoms with Crippen LogP contribution in [0.1, 0.15) is 36.6 Å². The van der Waals surface area contributed by atoms with Crippen molar-refractivity contribution in [1.29, 1.82) is 5.26 Å². The summed E-state index contributed by atoms with van der Waals surface area (Å²) < 4.78 is 0. The second-order valence-corrected chi connectivity index (χ2v) is 7.06. The molecule has 0 amide bonds. The maximum atomic E-state index is 11.9. The van der Waals surface area contributed by atoms with E-state index in [1.54, 1.807) is 12.3 Å². The molecule has 2 heterocycles. The zero-order chi connectivity index (χ0) is 20.1. The summed E-state index contributed by atoms with van der Waals surface area (Å²) in [6.45, 7) is 9.93. The minimum absolute atomic E-state index is 0.112. The Labute approximate surface area is 165 Å². The summed E-state index contributed by atoms with van der Waals surface area (Å²) in [5.74, 6) is 0.889. The summed E-state index contributed by atoms with van der Waals surface area (Å²) in [6.07, 6.45) is 5.63. The SMILES string of the molecule is C=C(N/C(=C\C)c1ccc(C)cc1)C1CCCN(c2cnc(C#N)c(=O)[nH]2)C1. The molecule has 28 heavy (non-hydrogen) atoms. The number of H-pyrrole nitrogens is 1. The minimum Gasteiger partial charge on any atom is -0.359 e. The standard InChI is InChI=1S/C22H25N5O/c1-4-19(17-9-7-15(2)8-10-17)25-16(3)18-6-5-11-27(14-18)21-13-24-20(12-23)22(28)26-21/h4,7-10,13,18,25H,3,5-6,11,14H2,1-2H3,(H,26,28)/b19-4-. The summed E-state index contributed by atoms with van der Waals surface area (Å²) in [5, 5.41) is 12.4. The first-order valence-corrected chi connectivity index (χ1v) is 9.45. The van der Waals surface area contributed by atoms with Crippen LogP contribution < -0.4 is 15.8 Å². The lowest BCUT2D eigenvalue weighted by atomic mass is 9.94. The smallest absolute Gasteiger partial charge is 0.286 e. The monoisotopic (exact) mass is 375 g/mol. The predicted molar refractivity (Wildman–Crippen MR) is 112 cm³/mol. The molecule has 2 N–H and O–H groups in total. The number of aromatic amines is 1. The van der Waals surface area contributed by atoms with Crippen LogP contribution in [0.25, 0.3) is 5.70 Å². The van der Waals surface area contributed by atoms with E-state index in [4.69, 9.17) is 5.26 Å². The maximum Gasteiger partial charge on any atom is 0.286 e. The molecule has 1 unspecified atom stereocenters. The average Bonchev–Trinajstić information content (AvgIpc) is 2.72. The normalized spacial score (nSPS) is 17.1. The highest BCUT2D eigenvalue weighted by Gasteiger charge is 2.24. The quantitative estimate of drug-likeness (QED) is 0.837. The molecule has 0 bridgehead atoms. The highest BCUT2D eigenvalue weighted by Crippen LogP contribution is 2.26. The molecular formula is C22H25N5O. The van der Waals surface area contributed by atoms with Gasteiger partial charge in [0.1, 0.15) is 11.9 Å². The van der Waals surface area contributed by atoms with Gasteiger partial charge in [0.25, 0.3) is 5.56 Å². The number of nitriles is 1. The topological polar surface area (TPSA) is 84.8 Å². The van der Waals surface area contributed by atoms with Gasteiger partial charge in [-0.05, 0) is 32.3 Å². The fourth-order valence-electron chi connectivity index (χ4n) is 3.43. The molecule has 6 heteroatoms. The number of allylic oxidation sites excluding steroid dienone is 1. The first-order valence-electron chi connectivity index (χ1n) is 9.45. The lowest BCUT2D eigenvalue weighted by molar-refractivity contribution is 0.452. The van der Waals surface area contributed by atoms with Gasteiger partial charge in [0, 0.05) is 30.4 Å². The Bertz CT molecular complexity index is 981. The van der Waals surface area contributed by atoms with E-state index in [1.807, 2.05) is 6.92 Å². The highest BCUT2D eigenvalue weighted by atomic mass is 16.1. The fourth-order valence-corrected chi connectivity index (χ4v) is 3.43. The number of anilines is 1. The van der Waals surface area contributed by atoms with Crippen LogP contribution in [0, 0.1) is 24.2 Å². The van der Waals surface area contributed by atoms with Gasteiger partial charge in [0.05, 0.1) is 6.20 Å². The minimum atomic E-state index is -0.449. The van der Waals surface area contributed by atoms with Crippen molar-refractivity contribution in [3.05, 3.63) is 76.0 Å². The molecule has 0 radical (unpaired) electrons. The van der Waals surface area contributed by atoms with Crippen LogP contribution in [0.4, 0.5) is 5.82 Å². The first kappa shape index (κ1) is 19.4. The first-order chi connectivity index (χ1) is 13.5. The molecule has 1 atom stereocenters. The van der Waals surface area contributed by atoms with E-state index in [0.717, 1.165) is 42.9 Å². The number of nitrogens with one attached hydrogen (secondary N) is 2. The number of hydrogen-bond acceptors (Lipinski definition) is 5. The molecule has 1 aromatic carbocycles. The van der Waals surface area contributed by atoms with Gasteiger partial charge in [0.15, 0.2) is 0 Å². The number of benzene rings is 1. The Kier molecular flexibility index (Phi) is 5.95. The second kappa shape index (κ2) is 8.57. The van der Waals surface area contributed by atoms with E-state index >= 15 is 0 Å². The molecule has 0 saturated carbocycles. The van der Waals surface area contributed by atoms with Gasteiger partial charge in [-0.25, -0.2) is 4.98 Å². The zero-order valence-corrected chi connectivity index (χ0v) is 16.3. The van der Waals surface area contributed by atoms with E-state index in [0.29, 0.717) is 5.82 Å². The Balaban J connectivity index is 1.70. The molecule has 0 aliphatic carbocycles. The molecule has 2 aromatic rings. The van der Waals surface area contributed by atoms with Crippen molar-refractivity contribution < 1.29 is 0 Å². The van der Waals surface area contributed by atoms with Crippen LogP contribution in [0.2, 0.25) is 0 Å². The molecule has 1 aromatic heterocycles. The van der Waals surface area contributed by atoms with Gasteiger partial charge < -0.3 is 15.2 Å². The van der Waals surface area contributed by atoms with E-state index < -0.39 is 5.56 Å². The van der Waals surface area contributed by atoms with Crippen molar-refractivity contribution in [2.45, 2.75) is 26.7 Å². The van der Waals surface area contributed by atoms with Gasteiger partial charge in [0.2, 0.25) is 5.69 Å². The summed E-state index contributed by atoms with van der Waals surface area (Å²) >= 11 is 0. The number of rotatable bonds is 5. The molecule has 6 nitrogen and oxygen atoms in total. The van der Waals surface area contributed by atoms with Crippen LogP contribution in [0.5, 0.6) is 0 Å². The fraction of sp³-hybridized carbons (Fsp3) is 0.318. The second-order valence-electron chi connectivity index (χ2n) is 7.06. The maximum absolute atomic E-state index is 11.9. The van der Waals surface area contributed by atoms with Crippen molar-refractivity contribution in [3.8, 4) is 6.07 Å². The molecule has 1 aliphatic rings. The summed E-state index contributed by atoms with van der Waals surface area (Å²) in [5.41, 5.74) is 3.79. The Morgan fingerprint density at radius 3 is 2.82 bits per heavy atom. The molecule has 144 valence electrons. The zero-order valence-electron chi connectivity index (χ0n) is 16.3. The number of aromatic nitrogens is 2. The highest BCUT2D eigenvalue weighted by molar-refractivity contribution is 5.65. The van der Waals surface area contributed by atoms with Crippen molar-refractivity contribution in [1.82, 2.24) is 15.3 Å². The number of aryl methyl sites for hydroxylation is 1. The van der Waals surface area contributed by atoms with Gasteiger partial charge >= 0.3 is 0 Å². The molecule has 1 aliphatic heterocycles. The van der Waals surface area contributed by atoms with Crippen LogP contribution >= 0.6 is 0 Å². The van der Waals surface area contributed by atoms with Crippen molar-refractivity contribution in [2.24, 2.45) is 5.92 Å². The van der Waals surface area contributed by atoms with Crippen molar-refractivity contribution in [3.63, 3.8) is 0 Å². The summed E-state index contributed by atoms with van der Waals surface area (Å²) in [4.78, 5) is 20.7. The van der Waals surface area contributed by atoms with Gasteiger partial charge in [-0.1, -0.05) is 42.5 Å². The Hall–Kier alpha value is -3.33. The van der Waals surface area contributed by atoms with Crippen LogP contribution in [-0.2, 0) is 0 Å². The Morgan fingerprint density at radius 2 is 2.18 bits per heavy atom. The summed E-state index contributed by atoms with van der Waals surface area (Å²) in [7, 11) is 0. The van der Waals surface area contributed by atoms with E-state index in [1.165, 1.54) is 5.56 Å². The number of hydrogen-bond donors (Lipinski definition) is 2. The van der Waals surface area contributed by atoms with Crippen LogP contribution in [0.3, 0.4) is 0 Å². The van der Waals surface area contributed by atoms with Crippen LogP contribution in [-0.4, -0.2) is 23.1 Å². The number of nitrogens with zero attached hydrogens (tertiary/aromatic N) is 3. The number of piperidine rings is 1.